The van der Waals surface area contributed by atoms with Crippen molar-refractivity contribution in [1.29, 1.82) is 0 Å². The summed E-state index contributed by atoms with van der Waals surface area (Å²) in [5.74, 6) is 0. The molecule has 0 fully saturated rings. The van der Waals surface area contributed by atoms with Crippen LogP contribution in [0.2, 0.25) is 0 Å². The van der Waals surface area contributed by atoms with Crippen LogP contribution in [0.5, 0.6) is 0 Å². The van der Waals surface area contributed by atoms with E-state index in [2.05, 4.69) is 30.7 Å². The number of nitrogen functional groups attached to an aromatic ring is 1. The van der Waals surface area contributed by atoms with Gasteiger partial charge in [0.2, 0.25) is 0 Å². The lowest BCUT2D eigenvalue weighted by Gasteiger charge is -2.01. The Morgan fingerprint density at radius 2 is 2.14 bits per heavy atom. The molecule has 74 valence electrons. The molecule has 0 bridgehead atoms. The van der Waals surface area contributed by atoms with Crippen LogP contribution in [0.1, 0.15) is 19.0 Å². The van der Waals surface area contributed by atoms with E-state index in [0.717, 1.165) is 12.1 Å². The molecule has 0 atom stereocenters. The fourth-order valence-corrected chi connectivity index (χ4v) is 1.93. The van der Waals surface area contributed by atoms with Gasteiger partial charge in [-0.3, -0.25) is 0 Å². The highest BCUT2D eigenvalue weighted by atomic mass is 14.9. The molecule has 0 saturated carbocycles. The van der Waals surface area contributed by atoms with E-state index in [1.165, 1.54) is 23.0 Å². The van der Waals surface area contributed by atoms with Crippen LogP contribution in [0.25, 0.3) is 10.9 Å². The van der Waals surface area contributed by atoms with Crippen molar-refractivity contribution in [2.24, 2.45) is 7.05 Å². The molecule has 1 heterocycles. The lowest BCUT2D eigenvalue weighted by Crippen LogP contribution is -1.94. The molecule has 0 unspecified atom stereocenters. The van der Waals surface area contributed by atoms with Gasteiger partial charge in [0, 0.05) is 23.8 Å². The second-order valence-corrected chi connectivity index (χ2v) is 3.72. The van der Waals surface area contributed by atoms with Crippen LogP contribution >= 0.6 is 0 Å². The van der Waals surface area contributed by atoms with E-state index in [1.807, 2.05) is 12.1 Å². The van der Waals surface area contributed by atoms with Gasteiger partial charge in [-0.2, -0.15) is 0 Å². The van der Waals surface area contributed by atoms with Gasteiger partial charge in [0.05, 0.1) is 5.52 Å². The molecular weight excluding hydrogens is 172 g/mol. The minimum absolute atomic E-state index is 0.875. The van der Waals surface area contributed by atoms with Crippen LogP contribution in [0.3, 0.4) is 0 Å². The molecule has 0 aliphatic rings. The lowest BCUT2D eigenvalue weighted by atomic mass is 10.2. The maximum absolute atomic E-state index is 5.92. The first-order chi connectivity index (χ1) is 6.74. The molecule has 14 heavy (non-hydrogen) atoms. The monoisotopic (exact) mass is 188 g/mol. The fraction of sp³-hybridized carbons (Fsp3) is 0.333. The zero-order chi connectivity index (χ0) is 10.1. The van der Waals surface area contributed by atoms with Gasteiger partial charge in [-0.25, -0.2) is 0 Å². The molecule has 2 rings (SSSR count). The summed E-state index contributed by atoms with van der Waals surface area (Å²) >= 11 is 0. The van der Waals surface area contributed by atoms with E-state index in [0.29, 0.717) is 0 Å². The average Bonchev–Trinajstić information content (AvgIpc) is 2.48. The number of aromatic nitrogens is 1. The van der Waals surface area contributed by atoms with Crippen molar-refractivity contribution in [3.63, 3.8) is 0 Å². The summed E-state index contributed by atoms with van der Waals surface area (Å²) < 4.78 is 2.23. The molecule has 0 spiro atoms. The van der Waals surface area contributed by atoms with Gasteiger partial charge in [0.25, 0.3) is 0 Å². The number of nitrogens with two attached hydrogens (primary N) is 1. The number of anilines is 1. The standard InChI is InChI=1S/C12H16N2/c1-3-5-9-8-10-11(13)6-4-7-12(10)14(9)2/h4,6-8H,3,5,13H2,1-2H3. The second-order valence-electron chi connectivity index (χ2n) is 3.72. The van der Waals surface area contributed by atoms with Crippen molar-refractivity contribution in [2.45, 2.75) is 19.8 Å². The second kappa shape index (κ2) is 3.37. The van der Waals surface area contributed by atoms with Gasteiger partial charge in [-0.1, -0.05) is 19.4 Å². The van der Waals surface area contributed by atoms with Gasteiger partial charge in [-0.05, 0) is 24.6 Å². The number of nitrogens with zero attached hydrogens (tertiary/aromatic N) is 1. The van der Waals surface area contributed by atoms with E-state index in [1.54, 1.807) is 0 Å². The molecule has 1 aromatic heterocycles. The van der Waals surface area contributed by atoms with Crippen LogP contribution in [-0.4, -0.2) is 4.57 Å². The summed E-state index contributed by atoms with van der Waals surface area (Å²) in [5.41, 5.74) is 9.39. The van der Waals surface area contributed by atoms with Crippen molar-refractivity contribution in [3.8, 4) is 0 Å². The van der Waals surface area contributed by atoms with E-state index < -0.39 is 0 Å². The van der Waals surface area contributed by atoms with Gasteiger partial charge in [0.15, 0.2) is 0 Å². The summed E-state index contributed by atoms with van der Waals surface area (Å²) in [4.78, 5) is 0. The van der Waals surface area contributed by atoms with Crippen LogP contribution in [0.4, 0.5) is 5.69 Å². The lowest BCUT2D eigenvalue weighted by molar-refractivity contribution is 0.805. The first-order valence-corrected chi connectivity index (χ1v) is 5.07. The van der Waals surface area contributed by atoms with E-state index in [4.69, 9.17) is 5.73 Å². The molecule has 2 nitrogen and oxygen atoms in total. The molecule has 0 amide bonds. The van der Waals surface area contributed by atoms with Gasteiger partial charge in [0.1, 0.15) is 0 Å². The van der Waals surface area contributed by atoms with Crippen LogP contribution < -0.4 is 5.73 Å². The normalized spacial score (nSPS) is 11.0. The number of hydrogen-bond donors (Lipinski definition) is 1. The van der Waals surface area contributed by atoms with Crippen molar-refractivity contribution in [1.82, 2.24) is 4.57 Å². The Morgan fingerprint density at radius 3 is 2.79 bits per heavy atom. The number of fused-ring (bicyclic) bond motifs is 1. The highest BCUT2D eigenvalue weighted by Gasteiger charge is 2.06. The molecular formula is C12H16N2. The van der Waals surface area contributed by atoms with E-state index in [9.17, 15) is 0 Å². The zero-order valence-corrected chi connectivity index (χ0v) is 8.75. The van der Waals surface area contributed by atoms with Crippen molar-refractivity contribution in [2.75, 3.05) is 5.73 Å². The predicted octanol–water partition coefficient (Wildman–Crippen LogP) is 2.71. The van der Waals surface area contributed by atoms with Crippen LogP contribution in [0, 0.1) is 0 Å². The molecule has 0 radical (unpaired) electrons. The SMILES string of the molecule is CCCc1cc2c(N)cccc2n1C. The van der Waals surface area contributed by atoms with Gasteiger partial charge >= 0.3 is 0 Å². The van der Waals surface area contributed by atoms with Gasteiger partial charge < -0.3 is 10.3 Å². The summed E-state index contributed by atoms with van der Waals surface area (Å²) in [5, 5.41) is 1.18. The maximum Gasteiger partial charge on any atom is 0.0500 e. The highest BCUT2D eigenvalue weighted by molar-refractivity contribution is 5.92. The molecule has 1 aromatic carbocycles. The number of rotatable bonds is 2. The highest BCUT2D eigenvalue weighted by Crippen LogP contribution is 2.24. The maximum atomic E-state index is 5.92. The quantitative estimate of drug-likeness (QED) is 0.722. The van der Waals surface area contributed by atoms with Gasteiger partial charge in [-0.15, -0.1) is 0 Å². The molecule has 0 aliphatic heterocycles. The Bertz CT molecular complexity index is 455. The largest absolute Gasteiger partial charge is 0.398 e. The fourth-order valence-electron chi connectivity index (χ4n) is 1.93. The minimum Gasteiger partial charge on any atom is -0.398 e. The van der Waals surface area contributed by atoms with E-state index >= 15 is 0 Å². The molecule has 2 N–H and O–H groups in total. The van der Waals surface area contributed by atoms with Crippen molar-refractivity contribution >= 4 is 16.6 Å². The molecule has 0 saturated heterocycles. The third-order valence-corrected chi connectivity index (χ3v) is 2.73. The topological polar surface area (TPSA) is 30.9 Å². The molecule has 0 aliphatic carbocycles. The Kier molecular flexibility index (Phi) is 2.20. The third-order valence-electron chi connectivity index (χ3n) is 2.73. The zero-order valence-electron chi connectivity index (χ0n) is 8.75. The number of benzene rings is 1. The Hall–Kier alpha value is -1.44. The van der Waals surface area contributed by atoms with Crippen molar-refractivity contribution in [3.05, 3.63) is 30.0 Å². The minimum atomic E-state index is 0.875. The summed E-state index contributed by atoms with van der Waals surface area (Å²) in [7, 11) is 2.10. The summed E-state index contributed by atoms with van der Waals surface area (Å²) in [6, 6.07) is 8.28. The predicted molar refractivity (Wildman–Crippen MR) is 61.3 cm³/mol. The van der Waals surface area contributed by atoms with Crippen molar-refractivity contribution < 1.29 is 0 Å². The van der Waals surface area contributed by atoms with E-state index in [-0.39, 0.29) is 0 Å². The van der Waals surface area contributed by atoms with Crippen LogP contribution in [0.15, 0.2) is 24.3 Å². The Balaban J connectivity index is 2.67. The Morgan fingerprint density at radius 1 is 1.36 bits per heavy atom. The van der Waals surface area contributed by atoms with Crippen LogP contribution in [-0.2, 0) is 13.5 Å². The Labute approximate surface area is 84.3 Å². The summed E-state index contributed by atoms with van der Waals surface area (Å²) in [6.45, 7) is 2.20. The number of aryl methyl sites for hydroxylation is 2. The molecule has 2 heteroatoms. The first-order valence-electron chi connectivity index (χ1n) is 5.07. The first kappa shape index (κ1) is 9.13. The average molecular weight is 188 g/mol. The smallest absolute Gasteiger partial charge is 0.0500 e. The molecule has 2 aromatic rings. The number of hydrogen-bond acceptors (Lipinski definition) is 1. The summed E-state index contributed by atoms with van der Waals surface area (Å²) in [6.07, 6.45) is 2.29. The third kappa shape index (κ3) is 1.27.